The summed E-state index contributed by atoms with van der Waals surface area (Å²) in [5, 5.41) is 12.1. The minimum absolute atomic E-state index is 0.0368. The summed E-state index contributed by atoms with van der Waals surface area (Å²) < 4.78 is 12.0. The van der Waals surface area contributed by atoms with Gasteiger partial charge in [0.1, 0.15) is 11.4 Å². The molecule has 0 radical (unpaired) electrons. The fourth-order valence-corrected chi connectivity index (χ4v) is 3.62. The minimum atomic E-state index is -0.0368. The first kappa shape index (κ1) is 19.2. The summed E-state index contributed by atoms with van der Waals surface area (Å²) in [6, 6.07) is 9.66. The molecule has 0 aliphatic carbocycles. The fourth-order valence-electron chi connectivity index (χ4n) is 3.62. The summed E-state index contributed by atoms with van der Waals surface area (Å²) in [4.78, 5) is 14.8. The maximum atomic E-state index is 12.9. The van der Waals surface area contributed by atoms with Gasteiger partial charge in [0, 0.05) is 49.6 Å². The van der Waals surface area contributed by atoms with E-state index in [9.17, 15) is 4.79 Å². The van der Waals surface area contributed by atoms with Crippen molar-refractivity contribution in [2.45, 2.75) is 19.4 Å². The number of ether oxygens (including phenoxy) is 2. The molecule has 1 aliphatic rings. The average Bonchev–Trinajstić information content (AvgIpc) is 3.34. The van der Waals surface area contributed by atoms with Gasteiger partial charge in [-0.15, -0.1) is 0 Å². The van der Waals surface area contributed by atoms with Crippen LogP contribution in [0.3, 0.4) is 0 Å². The number of aromatic amines is 1. The largest absolute Gasteiger partial charge is 0.497 e. The molecular weight excluding hydrogens is 370 g/mol. The maximum absolute atomic E-state index is 12.9. The highest BCUT2D eigenvalue weighted by Crippen LogP contribution is 2.28. The van der Waals surface area contributed by atoms with E-state index in [0.717, 1.165) is 35.5 Å². The summed E-state index contributed by atoms with van der Waals surface area (Å²) in [5.41, 5.74) is 4.73. The highest BCUT2D eigenvalue weighted by atomic mass is 16.5. The van der Waals surface area contributed by atoms with Gasteiger partial charge in [0.25, 0.3) is 5.91 Å². The van der Waals surface area contributed by atoms with Crippen LogP contribution in [0.1, 0.15) is 21.7 Å². The normalized spacial score (nSPS) is 13.8. The molecule has 2 aromatic heterocycles. The van der Waals surface area contributed by atoms with Crippen LogP contribution in [0.25, 0.3) is 11.3 Å². The number of amides is 1. The lowest BCUT2D eigenvalue weighted by atomic mass is 10.0. The Balaban J connectivity index is 1.47. The molecule has 0 spiro atoms. The van der Waals surface area contributed by atoms with Crippen molar-refractivity contribution < 1.29 is 14.3 Å². The van der Waals surface area contributed by atoms with E-state index in [1.165, 1.54) is 5.56 Å². The van der Waals surface area contributed by atoms with Crippen LogP contribution >= 0.6 is 0 Å². The lowest BCUT2D eigenvalue weighted by Gasteiger charge is -2.19. The topological polar surface area (TPSA) is 85.3 Å². The molecule has 152 valence electrons. The van der Waals surface area contributed by atoms with Crippen molar-refractivity contribution in [1.29, 1.82) is 0 Å². The van der Waals surface area contributed by atoms with E-state index in [1.54, 1.807) is 25.0 Å². The first-order valence-electron chi connectivity index (χ1n) is 9.72. The zero-order valence-corrected chi connectivity index (χ0v) is 16.7. The van der Waals surface area contributed by atoms with E-state index in [-0.39, 0.29) is 5.91 Å². The van der Waals surface area contributed by atoms with E-state index in [0.29, 0.717) is 31.9 Å². The number of H-pyrrole nitrogens is 1. The van der Waals surface area contributed by atoms with E-state index < -0.39 is 0 Å². The molecule has 0 unspecified atom stereocenters. The van der Waals surface area contributed by atoms with Crippen LogP contribution in [0.5, 0.6) is 5.75 Å². The van der Waals surface area contributed by atoms with Gasteiger partial charge in [-0.25, -0.2) is 0 Å². The number of hydrogen-bond acceptors (Lipinski definition) is 5. The Morgan fingerprint density at radius 1 is 1.14 bits per heavy atom. The molecule has 1 aliphatic heterocycles. The second-order valence-electron chi connectivity index (χ2n) is 7.01. The quantitative estimate of drug-likeness (QED) is 0.691. The molecule has 3 heterocycles. The zero-order chi connectivity index (χ0) is 20.2. The van der Waals surface area contributed by atoms with Gasteiger partial charge < -0.3 is 14.4 Å². The Morgan fingerprint density at radius 3 is 2.69 bits per heavy atom. The van der Waals surface area contributed by atoms with E-state index in [2.05, 4.69) is 15.3 Å². The lowest BCUT2D eigenvalue weighted by Crippen LogP contribution is -2.33. The Hall–Kier alpha value is -3.13. The minimum Gasteiger partial charge on any atom is -0.497 e. The zero-order valence-electron chi connectivity index (χ0n) is 16.7. The molecule has 0 atom stereocenters. The Kier molecular flexibility index (Phi) is 5.62. The third-order valence-electron chi connectivity index (χ3n) is 5.25. The van der Waals surface area contributed by atoms with Gasteiger partial charge in [-0.3, -0.25) is 14.6 Å². The van der Waals surface area contributed by atoms with Crippen LogP contribution in [-0.2, 0) is 24.1 Å². The van der Waals surface area contributed by atoms with E-state index in [4.69, 9.17) is 9.47 Å². The van der Waals surface area contributed by atoms with Gasteiger partial charge in [0.05, 0.1) is 26.0 Å². The Bertz CT molecular complexity index is 977. The summed E-state index contributed by atoms with van der Waals surface area (Å²) in [5.74, 6) is 0.780. The van der Waals surface area contributed by atoms with Crippen molar-refractivity contribution >= 4 is 5.91 Å². The molecular formula is C21H25N5O3. The number of carbonyl (C=O) groups excluding carboxylic acids is 1. The number of aromatic nitrogens is 4. The molecule has 0 fully saturated rings. The van der Waals surface area contributed by atoms with Crippen molar-refractivity contribution in [1.82, 2.24) is 24.9 Å². The highest BCUT2D eigenvalue weighted by molar-refractivity contribution is 5.92. The number of carbonyl (C=O) groups is 1. The lowest BCUT2D eigenvalue weighted by molar-refractivity contribution is 0.0755. The molecule has 1 amide bonds. The van der Waals surface area contributed by atoms with Crippen molar-refractivity contribution in [2.24, 2.45) is 0 Å². The van der Waals surface area contributed by atoms with Crippen molar-refractivity contribution in [3.05, 3.63) is 53.5 Å². The van der Waals surface area contributed by atoms with Crippen molar-refractivity contribution in [2.75, 3.05) is 33.9 Å². The maximum Gasteiger partial charge on any atom is 0.274 e. The molecule has 0 saturated heterocycles. The van der Waals surface area contributed by atoms with Crippen LogP contribution in [0.2, 0.25) is 0 Å². The molecule has 1 aromatic carbocycles. The van der Waals surface area contributed by atoms with Gasteiger partial charge in [-0.2, -0.15) is 10.2 Å². The number of fused-ring (bicyclic) bond motifs is 1. The van der Waals surface area contributed by atoms with Gasteiger partial charge in [-0.05, 0) is 36.8 Å². The molecule has 0 saturated carbocycles. The molecule has 8 nitrogen and oxygen atoms in total. The van der Waals surface area contributed by atoms with Gasteiger partial charge in [0.15, 0.2) is 0 Å². The molecule has 0 bridgehead atoms. The molecule has 3 aromatic rings. The number of methoxy groups -OCH3 is 2. The molecule has 8 heteroatoms. The summed E-state index contributed by atoms with van der Waals surface area (Å²) in [6.45, 7) is 2.47. The number of nitrogens with zero attached hydrogens (tertiary/aromatic N) is 4. The number of benzene rings is 1. The van der Waals surface area contributed by atoms with Crippen molar-refractivity contribution in [3.63, 3.8) is 0 Å². The summed E-state index contributed by atoms with van der Waals surface area (Å²) in [6.07, 6.45) is 3.32. The third-order valence-corrected chi connectivity index (χ3v) is 5.25. The first-order valence-corrected chi connectivity index (χ1v) is 9.72. The van der Waals surface area contributed by atoms with Crippen LogP contribution in [-0.4, -0.2) is 64.7 Å². The van der Waals surface area contributed by atoms with Crippen LogP contribution in [0, 0.1) is 0 Å². The Morgan fingerprint density at radius 2 is 1.93 bits per heavy atom. The summed E-state index contributed by atoms with van der Waals surface area (Å²) in [7, 11) is 3.30. The molecule has 1 N–H and O–H groups in total. The third kappa shape index (κ3) is 4.02. The van der Waals surface area contributed by atoms with Gasteiger partial charge in [-0.1, -0.05) is 0 Å². The fraction of sp³-hybridized carbons (Fsp3) is 0.381. The number of rotatable bonds is 6. The SMILES string of the molecule is COCCn1ccc(C(=O)N2CCc3[nH]nc(-c4ccc(OC)cc4)c3CC2)n1. The monoisotopic (exact) mass is 395 g/mol. The predicted molar refractivity (Wildman–Crippen MR) is 108 cm³/mol. The van der Waals surface area contributed by atoms with E-state index in [1.807, 2.05) is 35.4 Å². The van der Waals surface area contributed by atoms with E-state index >= 15 is 0 Å². The van der Waals surface area contributed by atoms with Crippen molar-refractivity contribution in [3.8, 4) is 17.0 Å². The van der Waals surface area contributed by atoms with Gasteiger partial charge >= 0.3 is 0 Å². The predicted octanol–water partition coefficient (Wildman–Crippen LogP) is 2.17. The van der Waals surface area contributed by atoms with Crippen LogP contribution in [0.4, 0.5) is 0 Å². The molecule has 29 heavy (non-hydrogen) atoms. The first-order chi connectivity index (χ1) is 14.2. The van der Waals surface area contributed by atoms with Crippen LogP contribution in [0.15, 0.2) is 36.5 Å². The number of hydrogen-bond donors (Lipinski definition) is 1. The second-order valence-corrected chi connectivity index (χ2v) is 7.01. The summed E-state index contributed by atoms with van der Waals surface area (Å²) >= 11 is 0. The standard InChI is InChI=1S/C21H25N5O3/c1-28-14-13-26-12-9-19(24-26)21(27)25-10-7-17-18(8-11-25)22-23-20(17)15-3-5-16(29-2)6-4-15/h3-6,9,12H,7-8,10-11,13-14H2,1-2H3,(H,22,23). The molecule has 4 rings (SSSR count). The second kappa shape index (κ2) is 8.48. The number of nitrogens with one attached hydrogen (secondary N) is 1. The Labute approximate surface area is 169 Å². The average molecular weight is 395 g/mol. The highest BCUT2D eigenvalue weighted by Gasteiger charge is 2.24. The van der Waals surface area contributed by atoms with Gasteiger partial charge in [0.2, 0.25) is 0 Å². The van der Waals surface area contributed by atoms with Crippen LogP contribution < -0.4 is 4.74 Å². The smallest absolute Gasteiger partial charge is 0.274 e.